The number of nitrogens with zero attached hydrogens (tertiary/aromatic N) is 1. The van der Waals surface area contributed by atoms with Crippen LogP contribution in [0.15, 0.2) is 23.0 Å². The van der Waals surface area contributed by atoms with Gasteiger partial charge >= 0.3 is 0 Å². The molecule has 36 heavy (non-hydrogen) atoms. The fraction of sp³-hybridized carbons (Fsp3) is 0.458. The summed E-state index contributed by atoms with van der Waals surface area (Å²) in [5, 5.41) is 67.6. The molecule has 5 atom stereocenters. The first-order valence-corrected chi connectivity index (χ1v) is 11.2. The van der Waals surface area contributed by atoms with Crippen molar-refractivity contribution in [2.45, 2.75) is 57.2 Å². The van der Waals surface area contributed by atoms with Gasteiger partial charge in [0.15, 0.2) is 11.4 Å². The standard InChI is InChI=1S/C24H26N2O10/c1-7-12-10(26(35)36)5-8(23(2,3)4)17(28)15(12)19(30)16-13(7)18(29)9-6-11(27)14(22(25)33)20(31)24(9,34)21(16)32/h5,7,9,13,18,28-31,34H,6H2,1-4H3,(H2,25,33)/t7-,9+,13+,18+,24+/m0/s1. The summed E-state index contributed by atoms with van der Waals surface area (Å²) in [5.41, 5.74) is -1.12. The van der Waals surface area contributed by atoms with Gasteiger partial charge in [0.2, 0.25) is 5.78 Å². The van der Waals surface area contributed by atoms with Crippen molar-refractivity contribution in [1.82, 2.24) is 0 Å². The minimum atomic E-state index is -2.97. The lowest BCUT2D eigenvalue weighted by Gasteiger charge is -2.50. The largest absolute Gasteiger partial charge is 0.508 e. The lowest BCUT2D eigenvalue weighted by atomic mass is 9.55. The third kappa shape index (κ3) is 3.04. The summed E-state index contributed by atoms with van der Waals surface area (Å²) < 4.78 is 0. The molecule has 0 unspecified atom stereocenters. The van der Waals surface area contributed by atoms with E-state index in [1.165, 1.54) is 13.0 Å². The van der Waals surface area contributed by atoms with Crippen LogP contribution in [0.5, 0.6) is 5.75 Å². The summed E-state index contributed by atoms with van der Waals surface area (Å²) in [4.78, 5) is 49.2. The maximum atomic E-state index is 13.7. The highest BCUT2D eigenvalue weighted by molar-refractivity contribution is 6.23. The molecular weight excluding hydrogens is 476 g/mol. The Morgan fingerprint density at radius 3 is 2.31 bits per heavy atom. The quantitative estimate of drug-likeness (QED) is 0.192. The molecule has 0 saturated heterocycles. The number of primary amides is 1. The molecule has 1 amide bonds. The van der Waals surface area contributed by atoms with Crippen LogP contribution in [0.2, 0.25) is 0 Å². The molecule has 1 aromatic carbocycles. The van der Waals surface area contributed by atoms with Crippen LogP contribution < -0.4 is 5.73 Å². The first-order valence-electron chi connectivity index (χ1n) is 11.2. The number of nitro groups is 1. The molecule has 3 aliphatic carbocycles. The van der Waals surface area contributed by atoms with Crippen molar-refractivity contribution < 1.29 is 44.8 Å². The van der Waals surface area contributed by atoms with Gasteiger partial charge in [0, 0.05) is 41.0 Å². The van der Waals surface area contributed by atoms with Crippen LogP contribution in [-0.4, -0.2) is 59.6 Å². The topological polar surface area (TPSA) is 222 Å². The minimum absolute atomic E-state index is 0.105. The van der Waals surface area contributed by atoms with E-state index >= 15 is 0 Å². The van der Waals surface area contributed by atoms with Gasteiger partial charge in [-0.25, -0.2) is 0 Å². The Bertz CT molecular complexity index is 1340. The maximum Gasteiger partial charge on any atom is 0.274 e. The number of ketones is 2. The van der Waals surface area contributed by atoms with Gasteiger partial charge in [-0.15, -0.1) is 0 Å². The number of fused-ring (bicyclic) bond motifs is 3. The minimum Gasteiger partial charge on any atom is -0.508 e. The van der Waals surface area contributed by atoms with Crippen LogP contribution >= 0.6 is 0 Å². The maximum absolute atomic E-state index is 13.7. The normalized spacial score (nSPS) is 30.1. The number of carbonyl (C=O) groups is 3. The number of carbonyl (C=O) groups excluding carboxylic acids is 3. The van der Waals surface area contributed by atoms with Crippen molar-refractivity contribution in [2.24, 2.45) is 17.6 Å². The molecule has 1 saturated carbocycles. The third-order valence-corrected chi connectivity index (χ3v) is 7.58. The summed E-state index contributed by atoms with van der Waals surface area (Å²) in [6.07, 6.45) is -2.50. The molecule has 1 aromatic rings. The van der Waals surface area contributed by atoms with Crippen LogP contribution in [-0.2, 0) is 19.8 Å². The second kappa shape index (κ2) is 7.61. The molecule has 4 rings (SSSR count). The molecule has 0 aromatic heterocycles. The Balaban J connectivity index is 2.10. The fourth-order valence-corrected chi connectivity index (χ4v) is 5.85. The molecule has 0 heterocycles. The van der Waals surface area contributed by atoms with Crippen molar-refractivity contribution in [3.63, 3.8) is 0 Å². The van der Waals surface area contributed by atoms with Crippen molar-refractivity contribution in [3.05, 3.63) is 49.8 Å². The van der Waals surface area contributed by atoms with E-state index in [1.807, 2.05) is 0 Å². The summed E-state index contributed by atoms with van der Waals surface area (Å²) in [6.45, 7) is 6.46. The van der Waals surface area contributed by atoms with Crippen molar-refractivity contribution >= 4 is 28.9 Å². The smallest absolute Gasteiger partial charge is 0.274 e. The Morgan fingerprint density at radius 2 is 1.81 bits per heavy atom. The number of Topliss-reactive ketones (excluding diaryl/α,β-unsaturated/α-hetero) is 2. The Kier molecular flexibility index (Phi) is 5.36. The number of aliphatic hydroxyl groups excluding tert-OH is 3. The number of hydrogen-bond donors (Lipinski definition) is 6. The van der Waals surface area contributed by atoms with Gasteiger partial charge in [-0.2, -0.15) is 0 Å². The van der Waals surface area contributed by atoms with E-state index in [1.54, 1.807) is 20.8 Å². The van der Waals surface area contributed by atoms with Crippen LogP contribution in [0.4, 0.5) is 5.69 Å². The number of aliphatic hydroxyl groups is 4. The number of aromatic hydroxyl groups is 1. The van der Waals surface area contributed by atoms with Gasteiger partial charge in [0.25, 0.3) is 11.6 Å². The predicted molar refractivity (Wildman–Crippen MR) is 123 cm³/mol. The van der Waals surface area contributed by atoms with Gasteiger partial charge in [-0.1, -0.05) is 27.7 Å². The lowest BCUT2D eigenvalue weighted by Crippen LogP contribution is -2.64. The Labute approximate surface area is 204 Å². The first-order chi connectivity index (χ1) is 16.5. The second-order valence-corrected chi connectivity index (χ2v) is 10.6. The number of benzene rings is 1. The molecule has 0 radical (unpaired) electrons. The predicted octanol–water partition coefficient (Wildman–Crippen LogP) is 1.16. The average molecular weight is 502 g/mol. The first kappa shape index (κ1) is 25.3. The summed E-state index contributed by atoms with van der Waals surface area (Å²) in [7, 11) is 0. The Hall–Kier alpha value is -3.77. The van der Waals surface area contributed by atoms with Crippen LogP contribution in [0.3, 0.4) is 0 Å². The SMILES string of the molecule is C[C@H]1c2c([N+](=O)[O-])cc(C(C)(C)C)c(O)c2C(O)=C2C(=O)[C@]3(O)C(O)=C(C(N)=O)C(=O)C[C@@H]3[C@@H](O)[C@@H]21. The van der Waals surface area contributed by atoms with Crippen LogP contribution in [0.25, 0.3) is 5.76 Å². The molecule has 0 aliphatic heterocycles. The number of phenolic OH excluding ortho intramolecular Hbond substituents is 1. The summed E-state index contributed by atoms with van der Waals surface area (Å²) >= 11 is 0. The third-order valence-electron chi connectivity index (χ3n) is 7.58. The van der Waals surface area contributed by atoms with E-state index in [0.29, 0.717) is 0 Å². The average Bonchev–Trinajstić information content (AvgIpc) is 2.75. The highest BCUT2D eigenvalue weighted by atomic mass is 16.6. The molecule has 3 aliphatic rings. The zero-order chi connectivity index (χ0) is 27.2. The summed E-state index contributed by atoms with van der Waals surface area (Å²) in [5.74, 6) is -10.5. The highest BCUT2D eigenvalue weighted by Crippen LogP contribution is 2.58. The number of phenols is 1. The lowest BCUT2D eigenvalue weighted by molar-refractivity contribution is -0.386. The molecule has 12 nitrogen and oxygen atoms in total. The van der Waals surface area contributed by atoms with E-state index in [4.69, 9.17) is 5.73 Å². The molecule has 192 valence electrons. The second-order valence-electron chi connectivity index (χ2n) is 10.6. The molecular formula is C24H26N2O10. The molecule has 12 heteroatoms. The van der Waals surface area contributed by atoms with E-state index in [0.717, 1.165) is 0 Å². The van der Waals surface area contributed by atoms with E-state index < -0.39 is 103 Å². The highest BCUT2D eigenvalue weighted by Gasteiger charge is 2.65. The number of rotatable bonds is 2. The fourth-order valence-electron chi connectivity index (χ4n) is 5.85. The summed E-state index contributed by atoms with van der Waals surface area (Å²) in [6, 6.07) is 1.17. The van der Waals surface area contributed by atoms with Crippen molar-refractivity contribution in [2.75, 3.05) is 0 Å². The van der Waals surface area contributed by atoms with E-state index in [2.05, 4.69) is 0 Å². The Morgan fingerprint density at radius 1 is 1.22 bits per heavy atom. The van der Waals surface area contributed by atoms with Crippen molar-refractivity contribution in [1.29, 1.82) is 0 Å². The molecule has 1 fully saturated rings. The van der Waals surface area contributed by atoms with E-state index in [9.17, 15) is 50.0 Å². The zero-order valence-corrected chi connectivity index (χ0v) is 19.9. The van der Waals surface area contributed by atoms with Crippen LogP contribution in [0.1, 0.15) is 56.7 Å². The number of nitro benzene ring substituents is 1. The van der Waals surface area contributed by atoms with Gasteiger partial charge in [-0.3, -0.25) is 24.5 Å². The van der Waals surface area contributed by atoms with Gasteiger partial charge < -0.3 is 31.3 Å². The van der Waals surface area contributed by atoms with E-state index in [-0.39, 0.29) is 11.1 Å². The molecule has 7 N–H and O–H groups in total. The van der Waals surface area contributed by atoms with Gasteiger partial charge in [0.1, 0.15) is 22.8 Å². The number of nitrogens with two attached hydrogens (primary N) is 1. The number of amides is 1. The molecule has 0 bridgehead atoms. The molecule has 0 spiro atoms. The van der Waals surface area contributed by atoms with Crippen molar-refractivity contribution in [3.8, 4) is 5.75 Å². The van der Waals surface area contributed by atoms with Gasteiger partial charge in [0.05, 0.1) is 16.6 Å². The van der Waals surface area contributed by atoms with Crippen LogP contribution in [0, 0.1) is 22.0 Å². The monoisotopic (exact) mass is 502 g/mol. The zero-order valence-electron chi connectivity index (χ0n) is 19.9. The number of hydrogen-bond acceptors (Lipinski definition) is 10. The van der Waals surface area contributed by atoms with Gasteiger partial charge in [-0.05, 0) is 11.3 Å².